The molecule has 2 radical (unpaired) electrons. The SMILES string of the molecule is CC(C)(C)NCNCN[C-]=O.CC(C)(C)[C-]=O.CC(C)(C)[C-]=O.CN(CN[C-]=O)CNC(C)(C)C.[Y].[Y]. The van der Waals surface area contributed by atoms with E-state index in [9.17, 15) is 19.2 Å². The van der Waals surface area contributed by atoms with Gasteiger partial charge in [-0.2, -0.15) is 12.8 Å². The third kappa shape index (κ3) is 72.3. The first kappa shape index (κ1) is 50.2. The normalized spacial score (nSPS) is 10.8. The quantitative estimate of drug-likeness (QED) is 0.102. The summed E-state index contributed by atoms with van der Waals surface area (Å²) < 4.78 is 0. The van der Waals surface area contributed by atoms with Crippen LogP contribution < -0.4 is 26.6 Å². The molecule has 2 amide bonds. The van der Waals surface area contributed by atoms with Crippen LogP contribution in [0.1, 0.15) is 83.1 Å². The number of hydrogen-bond donors (Lipinski definition) is 5. The van der Waals surface area contributed by atoms with Crippen molar-refractivity contribution in [2.45, 2.75) is 94.2 Å². The Morgan fingerprint density at radius 3 is 1.19 bits per heavy atom. The molecule has 12 heteroatoms. The Kier molecular flexibility index (Phi) is 37.8. The zero-order chi connectivity index (χ0) is 28.8. The molecule has 0 saturated heterocycles. The van der Waals surface area contributed by atoms with E-state index in [2.05, 4.69) is 68.1 Å². The number of nitrogens with one attached hydrogen (secondary N) is 5. The molecule has 0 aromatic carbocycles. The van der Waals surface area contributed by atoms with Crippen molar-refractivity contribution in [1.82, 2.24) is 31.5 Å². The van der Waals surface area contributed by atoms with Crippen LogP contribution in [0, 0.1) is 10.8 Å². The summed E-state index contributed by atoms with van der Waals surface area (Å²) in [4.78, 5) is 40.9. The molecule has 216 valence electrons. The molecule has 10 nitrogen and oxygen atoms in total. The van der Waals surface area contributed by atoms with Crippen LogP contribution >= 0.6 is 0 Å². The molecule has 0 aliphatic heterocycles. The van der Waals surface area contributed by atoms with E-state index in [0.29, 0.717) is 20.0 Å². The van der Waals surface area contributed by atoms with Crippen molar-refractivity contribution in [3.63, 3.8) is 0 Å². The molecule has 0 fully saturated rings. The fourth-order valence-corrected chi connectivity index (χ4v) is 1.08. The minimum Gasteiger partial charge on any atom is -0.541 e. The van der Waals surface area contributed by atoms with Crippen molar-refractivity contribution in [3.8, 4) is 0 Å². The predicted molar refractivity (Wildman–Crippen MR) is 144 cm³/mol. The van der Waals surface area contributed by atoms with Gasteiger partial charge in [0.15, 0.2) is 0 Å². The summed E-state index contributed by atoms with van der Waals surface area (Å²) in [6.45, 7) is 25.8. The van der Waals surface area contributed by atoms with Gasteiger partial charge in [0.2, 0.25) is 0 Å². The second-order valence-corrected chi connectivity index (χ2v) is 11.9. The molecule has 0 aromatic rings. The molecule has 0 heterocycles. The Morgan fingerprint density at radius 1 is 0.568 bits per heavy atom. The van der Waals surface area contributed by atoms with E-state index in [4.69, 9.17) is 0 Å². The zero-order valence-electron chi connectivity index (χ0n) is 25.6. The summed E-state index contributed by atoms with van der Waals surface area (Å²) in [5.74, 6) is 0. The van der Waals surface area contributed by atoms with Crippen LogP contribution in [0.5, 0.6) is 0 Å². The van der Waals surface area contributed by atoms with Crippen molar-refractivity contribution in [1.29, 1.82) is 0 Å². The standard InChI is InChI=1S/C8H18N3O.C7H16N3O.2C5H9O.2Y/c1-8(2,3)10-6-11(4)5-9-7-12;1-7(2,3)10-5-8-4-9-6-11;2*1-5(2,3)4-6;;/h10H,5-6H2,1-4H3,(H,9,12);8,10H,4-5H2,1-3H3,(H,9,11);2*1-3H3;;/q4*-1;;. The maximum absolute atomic E-state index is 9.83. The van der Waals surface area contributed by atoms with Crippen molar-refractivity contribution in [3.05, 3.63) is 0 Å². The summed E-state index contributed by atoms with van der Waals surface area (Å²) in [6.07, 6.45) is 6.91. The largest absolute Gasteiger partial charge is 0.541 e. The summed E-state index contributed by atoms with van der Waals surface area (Å²) in [7, 11) is 1.92. The molecule has 0 aromatic heterocycles. The maximum atomic E-state index is 9.83. The molecule has 0 atom stereocenters. The molecule has 0 aliphatic rings. The zero-order valence-corrected chi connectivity index (χ0v) is 31.2. The van der Waals surface area contributed by atoms with Gasteiger partial charge < -0.3 is 29.8 Å². The van der Waals surface area contributed by atoms with Crippen molar-refractivity contribution in [2.24, 2.45) is 10.8 Å². The third-order valence-electron chi connectivity index (χ3n) is 2.94. The monoisotopic (exact) mass is 678 g/mol. The Morgan fingerprint density at radius 2 is 0.919 bits per heavy atom. The Balaban J connectivity index is -0.0000000889. The van der Waals surface area contributed by atoms with Gasteiger partial charge in [-0.3, -0.25) is 33.4 Å². The Hall–Kier alpha value is 0.328. The molecule has 0 saturated carbocycles. The van der Waals surface area contributed by atoms with Gasteiger partial charge in [-0.25, -0.2) is 0 Å². The van der Waals surface area contributed by atoms with E-state index in [1.54, 1.807) is 12.8 Å². The first-order valence-electron chi connectivity index (χ1n) is 11.5. The number of nitrogens with zero attached hydrogens (tertiary/aromatic N) is 1. The molecular weight excluding hydrogens is 626 g/mol. The second-order valence-electron chi connectivity index (χ2n) is 11.9. The second kappa shape index (κ2) is 27.9. The average Bonchev–Trinajstić information content (AvgIpc) is 2.69. The summed E-state index contributed by atoms with van der Waals surface area (Å²) in [6, 6.07) is 0. The van der Waals surface area contributed by atoms with Crippen LogP contribution in [-0.2, 0) is 84.6 Å². The van der Waals surface area contributed by atoms with Crippen molar-refractivity contribution >= 4 is 25.4 Å². The molecule has 0 spiro atoms. The van der Waals surface area contributed by atoms with Crippen LogP contribution in [0.25, 0.3) is 0 Å². The van der Waals surface area contributed by atoms with Gasteiger partial charge in [0.05, 0.1) is 0 Å². The third-order valence-corrected chi connectivity index (χ3v) is 2.94. The average molecular weight is 679 g/mol. The van der Waals surface area contributed by atoms with Crippen LogP contribution in [-0.4, -0.2) is 75.1 Å². The molecule has 0 rings (SSSR count). The summed E-state index contributed by atoms with van der Waals surface area (Å²) in [5, 5.41) is 14.3. The van der Waals surface area contributed by atoms with E-state index in [1.165, 1.54) is 0 Å². The number of amides is 2. The minimum absolute atomic E-state index is 0. The minimum atomic E-state index is -0.264. The molecule has 0 unspecified atom stereocenters. The van der Waals surface area contributed by atoms with Gasteiger partial charge in [0.25, 0.3) is 0 Å². The van der Waals surface area contributed by atoms with Crippen molar-refractivity contribution < 1.29 is 84.6 Å². The first-order valence-corrected chi connectivity index (χ1v) is 11.5. The van der Waals surface area contributed by atoms with Crippen LogP contribution in [0.3, 0.4) is 0 Å². The van der Waals surface area contributed by atoms with Gasteiger partial charge in [0.1, 0.15) is 0 Å². The van der Waals surface area contributed by atoms with Gasteiger partial charge in [-0.15, -0.1) is 10.8 Å². The number of carbonyl (C=O) groups excluding carboxylic acids is 4. The van der Waals surface area contributed by atoms with Crippen molar-refractivity contribution in [2.75, 3.05) is 33.7 Å². The van der Waals surface area contributed by atoms with Crippen LogP contribution in [0.4, 0.5) is 0 Å². The fourth-order valence-electron chi connectivity index (χ4n) is 1.08. The molecular formula is C25H52N6O4Y2-4. The van der Waals surface area contributed by atoms with Crippen LogP contribution in [0.2, 0.25) is 0 Å². The van der Waals surface area contributed by atoms with Gasteiger partial charge in [-0.05, 0) is 48.6 Å². The van der Waals surface area contributed by atoms with E-state index >= 15 is 0 Å². The smallest absolute Gasteiger partial charge is 0.0496 e. The first-order chi connectivity index (χ1) is 15.6. The summed E-state index contributed by atoms with van der Waals surface area (Å²) in [5.41, 5.74) is -0.308. The van der Waals surface area contributed by atoms with E-state index < -0.39 is 0 Å². The maximum Gasteiger partial charge on any atom is 0.0496 e. The van der Waals surface area contributed by atoms with Gasteiger partial charge >= 0.3 is 0 Å². The molecule has 0 aliphatic carbocycles. The van der Waals surface area contributed by atoms with E-state index in [-0.39, 0.29) is 87.3 Å². The topological polar surface area (TPSA) is 132 Å². The van der Waals surface area contributed by atoms with Gasteiger partial charge in [0, 0.05) is 103 Å². The van der Waals surface area contributed by atoms with E-state index in [0.717, 1.165) is 6.67 Å². The molecule has 0 bridgehead atoms. The number of rotatable bonds is 10. The summed E-state index contributed by atoms with van der Waals surface area (Å²) >= 11 is 0. The number of hydrogen-bond acceptors (Lipinski definition) is 8. The van der Waals surface area contributed by atoms with Crippen LogP contribution in [0.15, 0.2) is 0 Å². The van der Waals surface area contributed by atoms with E-state index in [1.807, 2.05) is 66.1 Å². The fraction of sp³-hybridized carbons (Fsp3) is 0.840. The Bertz CT molecular complexity index is 523. The Labute approximate surface area is 277 Å². The van der Waals surface area contributed by atoms with Gasteiger partial charge in [-0.1, -0.05) is 41.5 Å². The predicted octanol–water partition coefficient (Wildman–Crippen LogP) is 1.69. The molecule has 37 heavy (non-hydrogen) atoms. The molecule has 5 N–H and O–H groups in total.